The van der Waals surface area contributed by atoms with E-state index in [1.54, 1.807) is 48.7 Å². The molecule has 0 aliphatic carbocycles. The summed E-state index contributed by atoms with van der Waals surface area (Å²) < 4.78 is 20.0. The van der Waals surface area contributed by atoms with Crippen LogP contribution in [0.4, 0.5) is 5.69 Å². The monoisotopic (exact) mass is 414 g/mol. The van der Waals surface area contributed by atoms with Crippen LogP contribution in [0.2, 0.25) is 5.02 Å². The number of benzene rings is 2. The van der Waals surface area contributed by atoms with Crippen LogP contribution in [0, 0.1) is 0 Å². The summed E-state index contributed by atoms with van der Waals surface area (Å²) in [5.74, 6) is -0.161. The third-order valence-electron chi connectivity index (χ3n) is 4.30. The van der Waals surface area contributed by atoms with Gasteiger partial charge < -0.3 is 9.87 Å². The van der Waals surface area contributed by atoms with Gasteiger partial charge in [-0.2, -0.15) is 0 Å². The molecule has 0 bridgehead atoms. The summed E-state index contributed by atoms with van der Waals surface area (Å²) >= 11 is 4.42. The van der Waals surface area contributed by atoms with Crippen LogP contribution in [0.15, 0.2) is 66.9 Å². The van der Waals surface area contributed by atoms with Gasteiger partial charge in [-0.15, -0.1) is 0 Å². The zero-order chi connectivity index (χ0) is 20.1. The van der Waals surface area contributed by atoms with Crippen molar-refractivity contribution in [1.29, 1.82) is 0 Å². The molecule has 144 valence electrons. The van der Waals surface area contributed by atoms with E-state index in [-0.39, 0.29) is 17.6 Å². The fourth-order valence-corrected chi connectivity index (χ4v) is 3.63. The third kappa shape index (κ3) is 5.04. The molecule has 2 N–H and O–H groups in total. The van der Waals surface area contributed by atoms with Crippen molar-refractivity contribution >= 4 is 34.3 Å². The number of nitrogens with zero attached hydrogens (tertiary/aromatic N) is 1. The van der Waals surface area contributed by atoms with Gasteiger partial charge in [-0.25, -0.2) is 4.21 Å². The molecule has 3 aromatic rings. The summed E-state index contributed by atoms with van der Waals surface area (Å²) in [6.45, 7) is 1.87. The van der Waals surface area contributed by atoms with E-state index in [1.807, 2.05) is 25.1 Å². The second kappa shape index (κ2) is 9.10. The van der Waals surface area contributed by atoms with Gasteiger partial charge in [-0.05, 0) is 53.9 Å². The van der Waals surface area contributed by atoms with E-state index in [0.717, 1.165) is 16.8 Å². The van der Waals surface area contributed by atoms with Gasteiger partial charge in [0.05, 0.1) is 16.5 Å². The lowest BCUT2D eigenvalue weighted by Crippen LogP contribution is -2.12. The highest BCUT2D eigenvalue weighted by Crippen LogP contribution is 2.29. The molecule has 2 aromatic carbocycles. The van der Waals surface area contributed by atoms with Crippen LogP contribution in [-0.2, 0) is 11.1 Å². The lowest BCUT2D eigenvalue weighted by Gasteiger charge is -2.11. The molecule has 0 radical (unpaired) electrons. The highest BCUT2D eigenvalue weighted by atomic mass is 35.5. The minimum atomic E-state index is -1.85. The Morgan fingerprint density at radius 2 is 1.93 bits per heavy atom. The quantitative estimate of drug-likeness (QED) is 0.557. The van der Waals surface area contributed by atoms with Gasteiger partial charge in [-0.1, -0.05) is 36.7 Å². The van der Waals surface area contributed by atoms with Crippen LogP contribution >= 0.6 is 11.6 Å². The van der Waals surface area contributed by atoms with Crippen molar-refractivity contribution in [1.82, 2.24) is 4.98 Å². The summed E-state index contributed by atoms with van der Waals surface area (Å²) in [6, 6.07) is 17.8. The highest BCUT2D eigenvalue weighted by molar-refractivity contribution is 7.79. The molecule has 7 heteroatoms. The predicted octanol–water partition coefficient (Wildman–Crippen LogP) is 4.98. The first-order chi connectivity index (χ1) is 13.4. The molecule has 3 rings (SSSR count). The Labute approximate surface area is 171 Å². The van der Waals surface area contributed by atoms with E-state index in [4.69, 9.17) is 16.2 Å². The van der Waals surface area contributed by atoms with E-state index < -0.39 is 11.1 Å². The van der Waals surface area contributed by atoms with Crippen LogP contribution in [0.25, 0.3) is 11.3 Å². The fourth-order valence-electron chi connectivity index (χ4n) is 2.80. The van der Waals surface area contributed by atoms with Gasteiger partial charge in [-0.3, -0.25) is 9.78 Å². The minimum absolute atomic E-state index is 0.0693. The maximum atomic E-state index is 12.6. The number of anilines is 1. The number of pyridine rings is 1. The molecule has 2 unspecified atom stereocenters. The molecular weight excluding hydrogens is 396 g/mol. The standard InChI is InChI=1S/C21H19ClN2O3S/c1-14(13-28(26)27)15-5-7-16(8-6-15)21(25)24-17-9-10-19(22)18(12-17)20-4-2-3-11-23-20/h2-12,14H,13H2,1H3,(H,24,25)(H,26,27). The Bertz CT molecular complexity index is 994. The zero-order valence-electron chi connectivity index (χ0n) is 15.1. The zero-order valence-corrected chi connectivity index (χ0v) is 16.7. The maximum Gasteiger partial charge on any atom is 0.255 e. The van der Waals surface area contributed by atoms with Crippen LogP contribution in [0.1, 0.15) is 28.8 Å². The number of aromatic nitrogens is 1. The second-order valence-corrected chi connectivity index (χ2v) is 7.76. The van der Waals surface area contributed by atoms with E-state index in [9.17, 15) is 9.00 Å². The Kier molecular flexibility index (Phi) is 6.57. The molecule has 1 amide bonds. The summed E-state index contributed by atoms with van der Waals surface area (Å²) in [6.07, 6.45) is 1.69. The lowest BCUT2D eigenvalue weighted by molar-refractivity contribution is 0.102. The van der Waals surface area contributed by atoms with Crippen molar-refractivity contribution in [3.8, 4) is 11.3 Å². The summed E-state index contributed by atoms with van der Waals surface area (Å²) in [7, 11) is 0. The van der Waals surface area contributed by atoms with E-state index in [0.29, 0.717) is 16.3 Å². The molecule has 0 spiro atoms. The van der Waals surface area contributed by atoms with Crippen LogP contribution < -0.4 is 5.32 Å². The Morgan fingerprint density at radius 1 is 1.18 bits per heavy atom. The van der Waals surface area contributed by atoms with E-state index >= 15 is 0 Å². The lowest BCUT2D eigenvalue weighted by atomic mass is 10.0. The number of halogens is 1. The van der Waals surface area contributed by atoms with Crippen LogP contribution in [-0.4, -0.2) is 25.4 Å². The molecule has 5 nitrogen and oxygen atoms in total. The number of hydrogen-bond acceptors (Lipinski definition) is 3. The van der Waals surface area contributed by atoms with Crippen molar-refractivity contribution in [2.24, 2.45) is 0 Å². The number of carbonyl (C=O) groups excluding carboxylic acids is 1. The molecule has 0 saturated carbocycles. The smallest absolute Gasteiger partial charge is 0.255 e. The highest BCUT2D eigenvalue weighted by Gasteiger charge is 2.12. The second-order valence-electron chi connectivity index (χ2n) is 6.37. The molecule has 0 saturated heterocycles. The Morgan fingerprint density at radius 3 is 2.57 bits per heavy atom. The first kappa shape index (κ1) is 20.2. The number of nitrogens with one attached hydrogen (secondary N) is 1. The predicted molar refractivity (Wildman–Crippen MR) is 113 cm³/mol. The molecule has 28 heavy (non-hydrogen) atoms. The molecule has 0 aliphatic rings. The summed E-state index contributed by atoms with van der Waals surface area (Å²) in [5.41, 5.74) is 3.48. The van der Waals surface area contributed by atoms with Crippen molar-refractivity contribution < 1.29 is 13.6 Å². The molecule has 1 aromatic heterocycles. The number of carbonyl (C=O) groups is 1. The number of hydrogen-bond donors (Lipinski definition) is 2. The normalized spacial score (nSPS) is 13.0. The largest absolute Gasteiger partial charge is 0.322 e. The average Bonchev–Trinajstić information content (AvgIpc) is 2.69. The van der Waals surface area contributed by atoms with Crippen molar-refractivity contribution in [2.45, 2.75) is 12.8 Å². The van der Waals surface area contributed by atoms with Crippen molar-refractivity contribution in [2.75, 3.05) is 11.1 Å². The van der Waals surface area contributed by atoms with Gasteiger partial charge in [0.15, 0.2) is 11.1 Å². The number of rotatable bonds is 6. The summed E-state index contributed by atoms with van der Waals surface area (Å²) in [5, 5.41) is 3.41. The topological polar surface area (TPSA) is 79.3 Å². The third-order valence-corrected chi connectivity index (χ3v) is 5.41. The Balaban J connectivity index is 1.75. The van der Waals surface area contributed by atoms with Gasteiger partial charge in [0.25, 0.3) is 5.91 Å². The maximum absolute atomic E-state index is 12.6. The van der Waals surface area contributed by atoms with Gasteiger partial charge in [0, 0.05) is 23.0 Å². The van der Waals surface area contributed by atoms with Crippen molar-refractivity contribution in [3.63, 3.8) is 0 Å². The molecule has 0 aliphatic heterocycles. The molecule has 1 heterocycles. The molecule has 2 atom stereocenters. The summed E-state index contributed by atoms with van der Waals surface area (Å²) in [4.78, 5) is 16.9. The molecule has 0 fully saturated rings. The first-order valence-corrected chi connectivity index (χ1v) is 10.3. The van der Waals surface area contributed by atoms with Gasteiger partial charge >= 0.3 is 0 Å². The first-order valence-electron chi connectivity index (χ1n) is 8.64. The van der Waals surface area contributed by atoms with Crippen LogP contribution in [0.3, 0.4) is 0 Å². The van der Waals surface area contributed by atoms with Gasteiger partial charge in [0.2, 0.25) is 0 Å². The minimum Gasteiger partial charge on any atom is -0.322 e. The fraction of sp³-hybridized carbons (Fsp3) is 0.143. The van der Waals surface area contributed by atoms with Crippen LogP contribution in [0.5, 0.6) is 0 Å². The Hall–Kier alpha value is -2.54. The van der Waals surface area contributed by atoms with E-state index in [1.165, 1.54) is 0 Å². The SMILES string of the molecule is CC(CS(=O)O)c1ccc(C(=O)Nc2ccc(Cl)c(-c3ccccn3)c2)cc1. The van der Waals surface area contributed by atoms with Gasteiger partial charge in [0.1, 0.15) is 0 Å². The number of amides is 1. The molecular formula is C21H19ClN2O3S. The van der Waals surface area contributed by atoms with E-state index in [2.05, 4.69) is 10.3 Å². The average molecular weight is 415 g/mol. The van der Waals surface area contributed by atoms with Crippen molar-refractivity contribution in [3.05, 3.63) is 83.0 Å².